The fourth-order valence-electron chi connectivity index (χ4n) is 1.65. The second-order valence-electron chi connectivity index (χ2n) is 4.05. The lowest BCUT2D eigenvalue weighted by Gasteiger charge is -2.15. The third-order valence-corrected chi connectivity index (χ3v) is 3.59. The molecule has 1 aromatic carbocycles. The summed E-state index contributed by atoms with van der Waals surface area (Å²) in [5, 5.41) is 10.5. The number of H-pyrrole nitrogens is 1. The van der Waals surface area contributed by atoms with Gasteiger partial charge in [-0.25, -0.2) is 9.78 Å². The number of esters is 1. The van der Waals surface area contributed by atoms with Crippen LogP contribution >= 0.6 is 11.8 Å². The second kappa shape index (κ2) is 6.95. The lowest BCUT2D eigenvalue weighted by molar-refractivity contribution is -0.141. The van der Waals surface area contributed by atoms with Gasteiger partial charge in [-0.05, 0) is 30.7 Å². The lowest BCUT2D eigenvalue weighted by atomic mass is 10.2. The molecule has 1 unspecified atom stereocenters. The van der Waals surface area contributed by atoms with Crippen LogP contribution in [-0.4, -0.2) is 34.3 Å². The molecule has 1 aromatic heterocycles. The van der Waals surface area contributed by atoms with Gasteiger partial charge in [0.1, 0.15) is 12.4 Å². The molecule has 20 heavy (non-hydrogen) atoms. The monoisotopic (exact) mass is 292 g/mol. The zero-order chi connectivity index (χ0) is 14.4. The molecule has 1 atom stereocenters. The number of nitrogens with one attached hydrogen (secondary N) is 2. The van der Waals surface area contributed by atoms with Gasteiger partial charge in [0.15, 0.2) is 5.16 Å². The van der Waals surface area contributed by atoms with Crippen molar-refractivity contribution in [3.05, 3.63) is 30.6 Å². The summed E-state index contributed by atoms with van der Waals surface area (Å²) >= 11 is 1.49. The number of methoxy groups -OCH3 is 1. The summed E-state index contributed by atoms with van der Waals surface area (Å²) in [5.41, 5.74) is 0.879. The predicted octanol–water partition coefficient (Wildman–Crippen LogP) is 2.32. The van der Waals surface area contributed by atoms with E-state index >= 15 is 0 Å². The number of rotatable bonds is 6. The summed E-state index contributed by atoms with van der Waals surface area (Å²) in [6.07, 6.45) is 2.14. The summed E-state index contributed by atoms with van der Waals surface area (Å²) < 4.78 is 4.74. The Kier molecular flexibility index (Phi) is 5.00. The van der Waals surface area contributed by atoms with E-state index < -0.39 is 0 Å². The van der Waals surface area contributed by atoms with E-state index in [0.29, 0.717) is 6.42 Å². The van der Waals surface area contributed by atoms with Crippen molar-refractivity contribution in [2.24, 2.45) is 0 Å². The Morgan fingerprint density at radius 2 is 2.20 bits per heavy atom. The summed E-state index contributed by atoms with van der Waals surface area (Å²) in [5.74, 6) is -0.257. The molecule has 1 heterocycles. The first-order valence-electron chi connectivity index (χ1n) is 6.20. The van der Waals surface area contributed by atoms with Crippen LogP contribution in [0.4, 0.5) is 5.69 Å². The number of hydrogen-bond donors (Lipinski definition) is 2. The highest BCUT2D eigenvalue weighted by molar-refractivity contribution is 7.99. The maximum absolute atomic E-state index is 11.5. The minimum Gasteiger partial charge on any atom is -0.467 e. The number of carbonyl (C=O) groups is 1. The quantitative estimate of drug-likeness (QED) is 0.795. The first-order valence-corrected chi connectivity index (χ1v) is 7.02. The van der Waals surface area contributed by atoms with Crippen LogP contribution in [0.1, 0.15) is 13.3 Å². The minimum absolute atomic E-state index is 0.257. The van der Waals surface area contributed by atoms with Gasteiger partial charge in [-0.1, -0.05) is 18.7 Å². The van der Waals surface area contributed by atoms with Crippen LogP contribution in [0.3, 0.4) is 0 Å². The summed E-state index contributed by atoms with van der Waals surface area (Å²) in [6, 6.07) is 7.43. The van der Waals surface area contributed by atoms with Crippen LogP contribution < -0.4 is 5.32 Å². The highest BCUT2D eigenvalue weighted by atomic mass is 32.2. The molecular formula is C13H16N4O2S. The second-order valence-corrected chi connectivity index (χ2v) is 5.11. The van der Waals surface area contributed by atoms with Gasteiger partial charge >= 0.3 is 5.97 Å². The summed E-state index contributed by atoms with van der Waals surface area (Å²) in [4.78, 5) is 16.6. The van der Waals surface area contributed by atoms with Crippen LogP contribution in [0.2, 0.25) is 0 Å². The molecule has 0 aliphatic heterocycles. The van der Waals surface area contributed by atoms with Gasteiger partial charge in [0.2, 0.25) is 0 Å². The number of hydrogen-bond acceptors (Lipinski definition) is 6. The number of carbonyl (C=O) groups excluding carboxylic acids is 1. The molecule has 0 saturated heterocycles. The zero-order valence-corrected chi connectivity index (χ0v) is 12.1. The fourth-order valence-corrected chi connectivity index (χ4v) is 2.34. The van der Waals surface area contributed by atoms with Crippen molar-refractivity contribution in [3.63, 3.8) is 0 Å². The van der Waals surface area contributed by atoms with Gasteiger partial charge in [0, 0.05) is 10.6 Å². The molecular weight excluding hydrogens is 276 g/mol. The van der Waals surface area contributed by atoms with Crippen molar-refractivity contribution in [1.29, 1.82) is 0 Å². The predicted molar refractivity (Wildman–Crippen MR) is 76.7 cm³/mol. The smallest absolute Gasteiger partial charge is 0.328 e. The molecule has 2 aromatic rings. The summed E-state index contributed by atoms with van der Waals surface area (Å²) in [7, 11) is 1.39. The molecule has 7 heteroatoms. The maximum atomic E-state index is 11.5. The Morgan fingerprint density at radius 1 is 1.45 bits per heavy atom. The molecule has 2 rings (SSSR count). The van der Waals surface area contributed by atoms with Crippen molar-refractivity contribution in [2.45, 2.75) is 29.4 Å². The van der Waals surface area contributed by atoms with Gasteiger partial charge in [0.25, 0.3) is 0 Å². The Morgan fingerprint density at radius 3 is 2.75 bits per heavy atom. The van der Waals surface area contributed by atoms with E-state index in [1.54, 1.807) is 0 Å². The maximum Gasteiger partial charge on any atom is 0.328 e. The van der Waals surface area contributed by atoms with E-state index in [9.17, 15) is 4.79 Å². The van der Waals surface area contributed by atoms with E-state index in [0.717, 1.165) is 15.7 Å². The van der Waals surface area contributed by atoms with Crippen LogP contribution in [-0.2, 0) is 9.53 Å². The fraction of sp³-hybridized carbons (Fsp3) is 0.308. The normalized spacial score (nSPS) is 11.9. The van der Waals surface area contributed by atoms with Crippen molar-refractivity contribution >= 4 is 23.4 Å². The number of anilines is 1. The highest BCUT2D eigenvalue weighted by Gasteiger charge is 2.16. The third-order valence-electron chi connectivity index (χ3n) is 2.70. The largest absolute Gasteiger partial charge is 0.467 e. The van der Waals surface area contributed by atoms with E-state index in [1.165, 1.54) is 25.2 Å². The molecule has 0 bridgehead atoms. The SMILES string of the molecule is CCC(Nc1ccc(Sc2ncn[nH]2)cc1)C(=O)OC. The Hall–Kier alpha value is -2.02. The van der Waals surface area contributed by atoms with Crippen LogP contribution in [0.5, 0.6) is 0 Å². The van der Waals surface area contributed by atoms with Gasteiger partial charge < -0.3 is 10.1 Å². The number of benzene rings is 1. The molecule has 0 aliphatic carbocycles. The molecule has 106 valence electrons. The van der Waals surface area contributed by atoms with E-state index in [2.05, 4.69) is 20.5 Å². The number of ether oxygens (including phenoxy) is 1. The first kappa shape index (κ1) is 14.4. The number of nitrogens with zero attached hydrogens (tertiary/aromatic N) is 2. The average molecular weight is 292 g/mol. The van der Waals surface area contributed by atoms with E-state index in [4.69, 9.17) is 4.74 Å². The van der Waals surface area contributed by atoms with Gasteiger partial charge in [0.05, 0.1) is 7.11 Å². The highest BCUT2D eigenvalue weighted by Crippen LogP contribution is 2.25. The molecule has 0 fully saturated rings. The Bertz CT molecular complexity index is 542. The van der Waals surface area contributed by atoms with Crippen LogP contribution in [0.15, 0.2) is 40.6 Å². The molecule has 6 nitrogen and oxygen atoms in total. The Labute approximate surface area is 121 Å². The van der Waals surface area contributed by atoms with Gasteiger partial charge in [-0.3, -0.25) is 5.10 Å². The van der Waals surface area contributed by atoms with Gasteiger partial charge in [-0.2, -0.15) is 5.10 Å². The van der Waals surface area contributed by atoms with Gasteiger partial charge in [-0.15, -0.1) is 0 Å². The standard InChI is InChI=1S/C13H16N4O2S/c1-3-11(12(18)19-2)16-9-4-6-10(7-5-9)20-13-14-8-15-17-13/h4-8,11,16H,3H2,1-2H3,(H,14,15,17). The third kappa shape index (κ3) is 3.74. The molecule has 0 spiro atoms. The van der Waals surface area contributed by atoms with Crippen LogP contribution in [0, 0.1) is 0 Å². The van der Waals surface area contributed by atoms with Crippen molar-refractivity contribution in [3.8, 4) is 0 Å². The van der Waals surface area contributed by atoms with E-state index in [1.807, 2.05) is 31.2 Å². The van der Waals surface area contributed by atoms with E-state index in [-0.39, 0.29) is 12.0 Å². The van der Waals surface area contributed by atoms with Crippen molar-refractivity contribution < 1.29 is 9.53 Å². The summed E-state index contributed by atoms with van der Waals surface area (Å²) in [6.45, 7) is 1.93. The number of aromatic amines is 1. The van der Waals surface area contributed by atoms with Crippen LogP contribution in [0.25, 0.3) is 0 Å². The molecule has 0 amide bonds. The molecule has 0 radical (unpaired) electrons. The zero-order valence-electron chi connectivity index (χ0n) is 11.3. The average Bonchev–Trinajstić information content (AvgIpc) is 2.98. The minimum atomic E-state index is -0.326. The Balaban J connectivity index is 1.99. The molecule has 0 saturated carbocycles. The lowest BCUT2D eigenvalue weighted by Crippen LogP contribution is -2.29. The van der Waals surface area contributed by atoms with Crippen molar-refractivity contribution in [1.82, 2.24) is 15.2 Å². The first-order chi connectivity index (χ1) is 9.72. The molecule has 2 N–H and O–H groups in total. The molecule has 0 aliphatic rings. The number of aromatic nitrogens is 3. The van der Waals surface area contributed by atoms with Crippen molar-refractivity contribution in [2.75, 3.05) is 12.4 Å². The topological polar surface area (TPSA) is 79.9 Å².